The number of halogens is 3. The van der Waals surface area contributed by atoms with E-state index in [1.165, 1.54) is 6.07 Å². The first-order chi connectivity index (χ1) is 11.5. The zero-order valence-electron chi connectivity index (χ0n) is 12.5. The second-order valence-electron chi connectivity index (χ2n) is 5.65. The minimum atomic E-state index is -4.36. The van der Waals surface area contributed by atoms with Crippen molar-refractivity contribution in [2.45, 2.75) is 12.7 Å². The van der Waals surface area contributed by atoms with Crippen molar-refractivity contribution < 1.29 is 17.9 Å². The molecular weight excluding hydrogens is 317 g/mol. The third-order valence-electron chi connectivity index (χ3n) is 4.07. The Labute approximate surface area is 136 Å². The first-order valence-electron chi connectivity index (χ1n) is 7.44. The maximum atomic E-state index is 12.9. The van der Waals surface area contributed by atoms with Crippen LogP contribution in [0.4, 0.5) is 18.9 Å². The van der Waals surface area contributed by atoms with Crippen molar-refractivity contribution in [3.05, 3.63) is 65.9 Å². The van der Waals surface area contributed by atoms with Crippen molar-refractivity contribution in [1.29, 1.82) is 0 Å². The van der Waals surface area contributed by atoms with E-state index in [2.05, 4.69) is 4.98 Å². The molecule has 2 heterocycles. The van der Waals surface area contributed by atoms with Crippen molar-refractivity contribution in [1.82, 2.24) is 4.98 Å². The molecule has 1 aliphatic heterocycles. The highest BCUT2D eigenvalue weighted by Crippen LogP contribution is 2.36. The molecule has 0 bridgehead atoms. The summed E-state index contributed by atoms with van der Waals surface area (Å²) in [4.78, 5) is 6.12. The summed E-state index contributed by atoms with van der Waals surface area (Å²) in [6.45, 7) is 0.660. The van der Waals surface area contributed by atoms with Crippen LogP contribution in [0.15, 0.2) is 54.7 Å². The summed E-state index contributed by atoms with van der Waals surface area (Å²) in [5, 5.41) is 0.976. The zero-order chi connectivity index (χ0) is 16.7. The van der Waals surface area contributed by atoms with E-state index in [1.807, 2.05) is 24.3 Å². The Hall–Kier alpha value is -2.76. The van der Waals surface area contributed by atoms with Gasteiger partial charge in [0.25, 0.3) is 0 Å². The molecule has 0 N–H and O–H groups in total. The third kappa shape index (κ3) is 2.54. The van der Waals surface area contributed by atoms with Crippen LogP contribution in [-0.2, 0) is 12.7 Å². The van der Waals surface area contributed by atoms with Gasteiger partial charge in [0.15, 0.2) is 12.5 Å². The van der Waals surface area contributed by atoms with Gasteiger partial charge in [-0.05, 0) is 24.3 Å². The Morgan fingerprint density at radius 2 is 1.92 bits per heavy atom. The Bertz CT molecular complexity index is 908. The summed E-state index contributed by atoms with van der Waals surface area (Å²) < 4.78 is 44.5. The fourth-order valence-corrected chi connectivity index (χ4v) is 2.88. The molecule has 0 amide bonds. The van der Waals surface area contributed by atoms with Crippen molar-refractivity contribution in [3.8, 4) is 5.75 Å². The fourth-order valence-electron chi connectivity index (χ4n) is 2.88. The summed E-state index contributed by atoms with van der Waals surface area (Å²) in [6.07, 6.45) is -2.66. The number of aromatic nitrogens is 1. The molecule has 0 spiro atoms. The van der Waals surface area contributed by atoms with E-state index >= 15 is 0 Å². The smallest absolute Gasteiger partial charge is 0.416 e. The summed E-state index contributed by atoms with van der Waals surface area (Å²) in [5.74, 6) is 0.705. The maximum Gasteiger partial charge on any atom is 0.416 e. The zero-order valence-corrected chi connectivity index (χ0v) is 12.5. The highest BCUT2D eigenvalue weighted by atomic mass is 19.4. The number of hydrogen-bond donors (Lipinski definition) is 0. The number of alkyl halides is 3. The molecule has 0 radical (unpaired) electrons. The van der Waals surface area contributed by atoms with Gasteiger partial charge in [0.05, 0.1) is 5.56 Å². The first-order valence-corrected chi connectivity index (χ1v) is 7.44. The molecule has 4 rings (SSSR count). The number of ether oxygens (including phenoxy) is 1. The minimum absolute atomic E-state index is 0.185. The van der Waals surface area contributed by atoms with Crippen molar-refractivity contribution >= 4 is 16.6 Å². The van der Waals surface area contributed by atoms with Gasteiger partial charge in [0, 0.05) is 29.4 Å². The molecule has 0 saturated carbocycles. The van der Waals surface area contributed by atoms with Gasteiger partial charge >= 0.3 is 6.18 Å². The van der Waals surface area contributed by atoms with Gasteiger partial charge < -0.3 is 9.64 Å². The SMILES string of the molecule is FC(F)(F)c1cccc(N2COc3c(ccc4cccnc34)C2)c1. The lowest BCUT2D eigenvalue weighted by molar-refractivity contribution is -0.137. The maximum absolute atomic E-state index is 12.9. The highest BCUT2D eigenvalue weighted by Gasteiger charge is 2.31. The highest BCUT2D eigenvalue weighted by molar-refractivity contribution is 5.86. The molecule has 0 atom stereocenters. The van der Waals surface area contributed by atoms with Crippen LogP contribution in [0.25, 0.3) is 10.9 Å². The van der Waals surface area contributed by atoms with Gasteiger partial charge in [0.1, 0.15) is 5.52 Å². The first kappa shape index (κ1) is 14.8. The van der Waals surface area contributed by atoms with Crippen molar-refractivity contribution in [3.63, 3.8) is 0 Å². The predicted octanol–water partition coefficient (Wildman–Crippen LogP) is 4.61. The van der Waals surface area contributed by atoms with Crippen LogP contribution in [0, 0.1) is 0 Å². The Morgan fingerprint density at radius 3 is 2.75 bits per heavy atom. The molecule has 6 heteroatoms. The normalized spacial score (nSPS) is 14.4. The molecule has 0 unspecified atom stereocenters. The van der Waals surface area contributed by atoms with E-state index in [0.717, 1.165) is 28.6 Å². The van der Waals surface area contributed by atoms with Crippen LogP contribution in [0.2, 0.25) is 0 Å². The molecule has 0 saturated heterocycles. The van der Waals surface area contributed by atoms with Gasteiger partial charge in [-0.2, -0.15) is 13.2 Å². The molecule has 122 valence electrons. The van der Waals surface area contributed by atoms with Crippen molar-refractivity contribution in [2.24, 2.45) is 0 Å². The monoisotopic (exact) mass is 330 g/mol. The lowest BCUT2D eigenvalue weighted by Gasteiger charge is -2.31. The topological polar surface area (TPSA) is 25.4 Å². The lowest BCUT2D eigenvalue weighted by Crippen LogP contribution is -2.32. The summed E-state index contributed by atoms with van der Waals surface area (Å²) in [5.41, 5.74) is 1.51. The van der Waals surface area contributed by atoms with E-state index in [9.17, 15) is 13.2 Å². The fraction of sp³-hybridized carbons (Fsp3) is 0.167. The van der Waals surface area contributed by atoms with Crippen LogP contribution in [0.3, 0.4) is 0 Å². The number of hydrogen-bond acceptors (Lipinski definition) is 3. The number of pyridine rings is 1. The van der Waals surface area contributed by atoms with Gasteiger partial charge in [0.2, 0.25) is 0 Å². The average molecular weight is 330 g/mol. The number of benzene rings is 2. The summed E-state index contributed by atoms with van der Waals surface area (Å²) in [7, 11) is 0. The van der Waals surface area contributed by atoms with E-state index < -0.39 is 11.7 Å². The number of anilines is 1. The summed E-state index contributed by atoms with van der Waals surface area (Å²) in [6, 6.07) is 13.0. The molecule has 1 aliphatic rings. The Kier molecular flexibility index (Phi) is 3.33. The van der Waals surface area contributed by atoms with Crippen LogP contribution in [0.1, 0.15) is 11.1 Å². The van der Waals surface area contributed by atoms with Crippen molar-refractivity contribution in [2.75, 3.05) is 11.6 Å². The second kappa shape index (κ2) is 5.40. The quantitative estimate of drug-likeness (QED) is 0.651. The average Bonchev–Trinajstić information content (AvgIpc) is 2.60. The molecule has 3 aromatic rings. The molecule has 3 nitrogen and oxygen atoms in total. The van der Waals surface area contributed by atoms with E-state index in [-0.39, 0.29) is 6.73 Å². The van der Waals surface area contributed by atoms with Gasteiger partial charge in [-0.15, -0.1) is 0 Å². The summed E-state index contributed by atoms with van der Waals surface area (Å²) >= 11 is 0. The van der Waals surface area contributed by atoms with Gasteiger partial charge in [-0.3, -0.25) is 4.98 Å². The van der Waals surface area contributed by atoms with Crippen LogP contribution in [-0.4, -0.2) is 11.7 Å². The molecule has 0 aliphatic carbocycles. The number of nitrogens with zero attached hydrogens (tertiary/aromatic N) is 2. The lowest BCUT2D eigenvalue weighted by atomic mass is 10.1. The molecule has 0 fully saturated rings. The molecule has 1 aromatic heterocycles. The second-order valence-corrected chi connectivity index (χ2v) is 5.65. The Morgan fingerprint density at radius 1 is 1.04 bits per heavy atom. The third-order valence-corrected chi connectivity index (χ3v) is 4.07. The van der Waals surface area contributed by atoms with E-state index in [0.29, 0.717) is 18.0 Å². The van der Waals surface area contributed by atoms with Gasteiger partial charge in [-0.25, -0.2) is 0 Å². The van der Waals surface area contributed by atoms with Gasteiger partial charge in [-0.1, -0.05) is 24.3 Å². The largest absolute Gasteiger partial charge is 0.470 e. The number of fused-ring (bicyclic) bond motifs is 3. The molecule has 24 heavy (non-hydrogen) atoms. The predicted molar refractivity (Wildman–Crippen MR) is 84.9 cm³/mol. The molecule has 2 aromatic carbocycles. The Balaban J connectivity index is 1.69. The van der Waals surface area contributed by atoms with Crippen LogP contribution >= 0.6 is 0 Å². The standard InChI is InChI=1S/C18H13F3N2O/c19-18(20,21)14-4-1-5-15(9-14)23-10-13-7-6-12-3-2-8-22-16(12)17(13)24-11-23/h1-9H,10-11H2. The number of rotatable bonds is 1. The van der Waals surface area contributed by atoms with Crippen LogP contribution in [0.5, 0.6) is 5.75 Å². The van der Waals surface area contributed by atoms with E-state index in [4.69, 9.17) is 4.74 Å². The van der Waals surface area contributed by atoms with E-state index in [1.54, 1.807) is 17.2 Å². The minimum Gasteiger partial charge on any atom is -0.470 e. The molecular formula is C18H13F3N2O. The van der Waals surface area contributed by atoms with Crippen LogP contribution < -0.4 is 9.64 Å².